The Morgan fingerprint density at radius 1 is 1.31 bits per heavy atom. The average Bonchev–Trinajstić information content (AvgIpc) is 2.79. The number of epoxide rings is 1. The minimum atomic E-state index is -0.123. The second-order valence-electron chi connectivity index (χ2n) is 4.57. The first-order valence-electron chi connectivity index (χ1n) is 5.20. The van der Waals surface area contributed by atoms with Crippen LogP contribution >= 0.6 is 0 Å². The molecule has 16 heavy (non-hydrogen) atoms. The van der Waals surface area contributed by atoms with Crippen molar-refractivity contribution in [3.63, 3.8) is 0 Å². The fraction of sp³-hybridized carbons (Fsp3) is 0.500. The second kappa shape index (κ2) is 3.56. The molecule has 1 aliphatic heterocycles. The van der Waals surface area contributed by atoms with Gasteiger partial charge in [0.2, 0.25) is 0 Å². The topological polar surface area (TPSA) is 62.2 Å². The van der Waals surface area contributed by atoms with E-state index >= 15 is 0 Å². The molecule has 88 valence electrons. The maximum Gasteiger partial charge on any atom is 0.164 e. The summed E-state index contributed by atoms with van der Waals surface area (Å²) >= 11 is 0. The monoisotopic (exact) mass is 224 g/mol. The Morgan fingerprint density at radius 2 is 1.94 bits per heavy atom. The van der Waals surface area contributed by atoms with Gasteiger partial charge >= 0.3 is 0 Å². The van der Waals surface area contributed by atoms with E-state index in [0.29, 0.717) is 12.0 Å². The molecule has 1 heterocycles. The van der Waals surface area contributed by atoms with E-state index in [1.165, 1.54) is 19.2 Å². The highest BCUT2D eigenvalue weighted by atomic mass is 16.6. The molecule has 1 aromatic rings. The van der Waals surface area contributed by atoms with E-state index in [2.05, 4.69) is 0 Å². The van der Waals surface area contributed by atoms with E-state index in [4.69, 9.17) is 9.47 Å². The van der Waals surface area contributed by atoms with Crippen LogP contribution < -0.4 is 4.74 Å². The Kier molecular flexibility index (Phi) is 2.46. The van der Waals surface area contributed by atoms with E-state index in [0.717, 1.165) is 0 Å². The first-order valence-corrected chi connectivity index (χ1v) is 5.20. The number of benzene rings is 1. The van der Waals surface area contributed by atoms with Crippen molar-refractivity contribution < 1.29 is 19.7 Å². The summed E-state index contributed by atoms with van der Waals surface area (Å²) in [4.78, 5) is 0. The summed E-state index contributed by atoms with van der Waals surface area (Å²) in [5.41, 5.74) is 0.552. The van der Waals surface area contributed by atoms with Crippen LogP contribution in [0, 0.1) is 0 Å². The van der Waals surface area contributed by atoms with Gasteiger partial charge in [0.25, 0.3) is 0 Å². The van der Waals surface area contributed by atoms with Gasteiger partial charge in [-0.25, -0.2) is 0 Å². The summed E-state index contributed by atoms with van der Waals surface area (Å²) in [7, 11) is 1.45. The van der Waals surface area contributed by atoms with Crippen LogP contribution in [0.25, 0.3) is 0 Å². The van der Waals surface area contributed by atoms with Crippen LogP contribution in [-0.4, -0.2) is 29.0 Å². The standard InChI is InChI=1S/C12H16O4/c1-12(2)11(16-12)5-7-4-9(14)10(15-3)6-8(7)13/h4,6,11,13-14H,5H2,1-3H3. The molecule has 0 bridgehead atoms. The van der Waals surface area contributed by atoms with Crippen molar-refractivity contribution in [1.82, 2.24) is 0 Å². The van der Waals surface area contributed by atoms with Crippen LogP contribution in [0.1, 0.15) is 19.4 Å². The van der Waals surface area contributed by atoms with E-state index in [1.807, 2.05) is 13.8 Å². The zero-order valence-corrected chi connectivity index (χ0v) is 9.65. The summed E-state index contributed by atoms with van der Waals surface area (Å²) in [6.45, 7) is 4.00. The number of phenols is 2. The highest BCUT2D eigenvalue weighted by molar-refractivity contribution is 5.49. The molecule has 4 nitrogen and oxygen atoms in total. The molecule has 0 saturated carbocycles. The summed E-state index contributed by atoms with van der Waals surface area (Å²) in [6.07, 6.45) is 0.697. The van der Waals surface area contributed by atoms with Crippen molar-refractivity contribution in [3.05, 3.63) is 17.7 Å². The Bertz CT molecular complexity index is 412. The Labute approximate surface area is 94.4 Å². The molecule has 2 N–H and O–H groups in total. The van der Waals surface area contributed by atoms with Crippen LogP contribution in [0.15, 0.2) is 12.1 Å². The maximum absolute atomic E-state index is 9.75. The number of hydrogen-bond donors (Lipinski definition) is 2. The van der Waals surface area contributed by atoms with Gasteiger partial charge in [0.15, 0.2) is 11.5 Å². The van der Waals surface area contributed by atoms with Crippen molar-refractivity contribution in [3.8, 4) is 17.2 Å². The van der Waals surface area contributed by atoms with Gasteiger partial charge in [-0.3, -0.25) is 0 Å². The summed E-state index contributed by atoms with van der Waals surface area (Å²) in [6, 6.07) is 2.94. The fourth-order valence-corrected chi connectivity index (χ4v) is 1.75. The predicted molar refractivity (Wildman–Crippen MR) is 59.0 cm³/mol. The van der Waals surface area contributed by atoms with Crippen molar-refractivity contribution in [1.29, 1.82) is 0 Å². The lowest BCUT2D eigenvalue weighted by Gasteiger charge is -2.08. The van der Waals surface area contributed by atoms with Crippen LogP contribution in [0.3, 0.4) is 0 Å². The molecule has 0 aliphatic carbocycles. The minimum absolute atomic E-state index is 0.0359. The Hall–Kier alpha value is -1.42. The summed E-state index contributed by atoms with van der Waals surface area (Å²) in [5.74, 6) is 0.437. The maximum atomic E-state index is 9.75. The molecule has 2 rings (SSSR count). The van der Waals surface area contributed by atoms with Crippen molar-refractivity contribution in [2.45, 2.75) is 32.0 Å². The van der Waals surface area contributed by atoms with Crippen LogP contribution in [0.5, 0.6) is 17.2 Å². The van der Waals surface area contributed by atoms with Gasteiger partial charge in [-0.15, -0.1) is 0 Å². The quantitative estimate of drug-likeness (QED) is 0.607. The van der Waals surface area contributed by atoms with Crippen LogP contribution in [0.2, 0.25) is 0 Å². The van der Waals surface area contributed by atoms with Gasteiger partial charge in [-0.2, -0.15) is 0 Å². The highest BCUT2D eigenvalue weighted by Gasteiger charge is 2.47. The normalized spacial score (nSPS) is 21.8. The number of rotatable bonds is 3. The molecular weight excluding hydrogens is 208 g/mol. The molecule has 1 aromatic carbocycles. The summed E-state index contributed by atoms with van der Waals surface area (Å²) in [5, 5.41) is 19.3. The molecule has 0 radical (unpaired) electrons. The number of phenolic OH excluding ortho intramolecular Hbond substituents is 2. The highest BCUT2D eigenvalue weighted by Crippen LogP contribution is 2.41. The second-order valence-corrected chi connectivity index (χ2v) is 4.57. The molecule has 0 aromatic heterocycles. The van der Waals surface area contributed by atoms with E-state index in [9.17, 15) is 10.2 Å². The number of aromatic hydroxyl groups is 2. The zero-order valence-electron chi connectivity index (χ0n) is 9.65. The van der Waals surface area contributed by atoms with Gasteiger partial charge in [0.05, 0.1) is 18.8 Å². The summed E-state index contributed by atoms with van der Waals surface area (Å²) < 4.78 is 10.3. The van der Waals surface area contributed by atoms with Gasteiger partial charge < -0.3 is 19.7 Å². The van der Waals surface area contributed by atoms with Gasteiger partial charge in [-0.05, 0) is 19.9 Å². The van der Waals surface area contributed by atoms with Crippen molar-refractivity contribution in [2.75, 3.05) is 7.11 Å². The molecule has 0 spiro atoms. The van der Waals surface area contributed by atoms with E-state index in [-0.39, 0.29) is 29.0 Å². The minimum Gasteiger partial charge on any atom is -0.508 e. The third kappa shape index (κ3) is 1.93. The lowest BCUT2D eigenvalue weighted by Crippen LogP contribution is -2.05. The molecule has 1 unspecified atom stereocenters. The van der Waals surface area contributed by atoms with Gasteiger partial charge in [0, 0.05) is 18.1 Å². The number of methoxy groups -OCH3 is 1. The van der Waals surface area contributed by atoms with Gasteiger partial charge in [0.1, 0.15) is 5.75 Å². The average molecular weight is 224 g/mol. The first kappa shape index (κ1) is 11.1. The largest absolute Gasteiger partial charge is 0.508 e. The number of hydrogen-bond acceptors (Lipinski definition) is 4. The van der Waals surface area contributed by atoms with E-state index < -0.39 is 0 Å². The predicted octanol–water partition coefficient (Wildman–Crippen LogP) is 1.83. The molecule has 1 atom stereocenters. The van der Waals surface area contributed by atoms with E-state index in [1.54, 1.807) is 0 Å². The molecule has 1 aliphatic rings. The molecule has 0 amide bonds. The van der Waals surface area contributed by atoms with Gasteiger partial charge in [-0.1, -0.05) is 0 Å². The third-order valence-electron chi connectivity index (χ3n) is 2.95. The molecular formula is C12H16O4. The lowest BCUT2D eigenvalue weighted by atomic mass is 10.0. The smallest absolute Gasteiger partial charge is 0.164 e. The van der Waals surface area contributed by atoms with Crippen molar-refractivity contribution in [2.24, 2.45) is 0 Å². The number of ether oxygens (including phenoxy) is 2. The van der Waals surface area contributed by atoms with Crippen LogP contribution in [-0.2, 0) is 11.2 Å². The van der Waals surface area contributed by atoms with Crippen molar-refractivity contribution >= 4 is 0 Å². The Balaban J connectivity index is 2.19. The van der Waals surface area contributed by atoms with Crippen LogP contribution in [0.4, 0.5) is 0 Å². The molecule has 1 fully saturated rings. The zero-order chi connectivity index (χ0) is 11.9. The lowest BCUT2D eigenvalue weighted by molar-refractivity contribution is 0.322. The third-order valence-corrected chi connectivity index (χ3v) is 2.95. The molecule has 4 heteroatoms. The Morgan fingerprint density at radius 3 is 2.44 bits per heavy atom. The first-order chi connectivity index (χ1) is 7.44. The fourth-order valence-electron chi connectivity index (χ4n) is 1.75. The SMILES string of the molecule is COc1cc(O)c(CC2OC2(C)C)cc1O. The molecule has 1 saturated heterocycles.